The van der Waals surface area contributed by atoms with Crippen LogP contribution in [0.3, 0.4) is 0 Å². The molecule has 0 aromatic heterocycles. The average molecular weight is 188 g/mol. The quantitative estimate of drug-likeness (QED) is 0.491. The van der Waals surface area contributed by atoms with Gasteiger partial charge in [0.05, 0.1) is 12.7 Å². The largest absolute Gasteiger partial charge is 0.508 e. The van der Waals surface area contributed by atoms with Crippen LogP contribution in [-0.2, 0) is 9.47 Å². The van der Waals surface area contributed by atoms with E-state index in [0.717, 1.165) is 12.8 Å². The van der Waals surface area contributed by atoms with Crippen LogP contribution in [0.2, 0.25) is 0 Å². The van der Waals surface area contributed by atoms with Crippen molar-refractivity contribution in [1.82, 2.24) is 0 Å². The van der Waals surface area contributed by atoms with E-state index in [1.165, 1.54) is 0 Å². The third-order valence-electron chi connectivity index (χ3n) is 1.48. The molecule has 0 heterocycles. The molecule has 0 aromatic carbocycles. The SMILES string of the molecule is CC(C)CCCOC(=O)OC(C)C. The highest BCUT2D eigenvalue weighted by Gasteiger charge is 2.05. The number of carbonyl (C=O) groups excluding carboxylic acids is 1. The summed E-state index contributed by atoms with van der Waals surface area (Å²) in [5.41, 5.74) is 0. The summed E-state index contributed by atoms with van der Waals surface area (Å²) in [5.74, 6) is 0.657. The van der Waals surface area contributed by atoms with Gasteiger partial charge >= 0.3 is 6.16 Å². The lowest BCUT2D eigenvalue weighted by atomic mass is 10.1. The zero-order valence-electron chi connectivity index (χ0n) is 9.00. The van der Waals surface area contributed by atoms with Crippen LogP contribution in [-0.4, -0.2) is 18.9 Å². The Bertz CT molecular complexity index is 141. The second kappa shape index (κ2) is 6.75. The van der Waals surface area contributed by atoms with E-state index in [0.29, 0.717) is 12.5 Å². The molecule has 0 saturated carbocycles. The number of hydrogen-bond acceptors (Lipinski definition) is 3. The molecule has 0 fully saturated rings. The number of carbonyl (C=O) groups is 1. The van der Waals surface area contributed by atoms with Gasteiger partial charge in [-0.1, -0.05) is 13.8 Å². The zero-order valence-corrected chi connectivity index (χ0v) is 9.00. The lowest BCUT2D eigenvalue weighted by Gasteiger charge is -2.09. The van der Waals surface area contributed by atoms with Crippen LogP contribution in [0.5, 0.6) is 0 Å². The summed E-state index contributed by atoms with van der Waals surface area (Å²) in [7, 11) is 0. The second-order valence-corrected chi connectivity index (χ2v) is 3.80. The van der Waals surface area contributed by atoms with Crippen LogP contribution in [0.25, 0.3) is 0 Å². The van der Waals surface area contributed by atoms with Crippen molar-refractivity contribution in [3.05, 3.63) is 0 Å². The summed E-state index contributed by atoms with van der Waals surface area (Å²) in [4.78, 5) is 10.9. The molecule has 3 nitrogen and oxygen atoms in total. The third kappa shape index (κ3) is 9.18. The van der Waals surface area contributed by atoms with Crippen molar-refractivity contribution in [2.45, 2.75) is 46.6 Å². The van der Waals surface area contributed by atoms with E-state index >= 15 is 0 Å². The maximum Gasteiger partial charge on any atom is 0.508 e. The Kier molecular flexibility index (Phi) is 6.37. The van der Waals surface area contributed by atoms with Gasteiger partial charge in [0.1, 0.15) is 0 Å². The molecule has 0 bridgehead atoms. The maximum atomic E-state index is 10.9. The Labute approximate surface area is 80.4 Å². The van der Waals surface area contributed by atoms with E-state index in [4.69, 9.17) is 9.47 Å². The predicted octanol–water partition coefficient (Wildman–Crippen LogP) is 2.98. The maximum absolute atomic E-state index is 10.9. The van der Waals surface area contributed by atoms with E-state index in [1.54, 1.807) is 13.8 Å². The molecule has 78 valence electrons. The predicted molar refractivity (Wildman–Crippen MR) is 51.6 cm³/mol. The first-order chi connectivity index (χ1) is 6.02. The fourth-order valence-corrected chi connectivity index (χ4v) is 0.874. The van der Waals surface area contributed by atoms with Gasteiger partial charge in [0.2, 0.25) is 0 Å². The van der Waals surface area contributed by atoms with Crippen molar-refractivity contribution in [3.8, 4) is 0 Å². The molecule has 0 spiro atoms. The number of ether oxygens (including phenoxy) is 2. The summed E-state index contributed by atoms with van der Waals surface area (Å²) in [6, 6.07) is 0. The van der Waals surface area contributed by atoms with Crippen molar-refractivity contribution in [2.75, 3.05) is 6.61 Å². The molecule has 0 rings (SSSR count). The minimum absolute atomic E-state index is 0.0994. The summed E-state index contributed by atoms with van der Waals surface area (Å²) in [5, 5.41) is 0. The molecule has 3 heteroatoms. The monoisotopic (exact) mass is 188 g/mol. The fraction of sp³-hybridized carbons (Fsp3) is 0.900. The average Bonchev–Trinajstić information content (AvgIpc) is 1.96. The molecular weight excluding hydrogens is 168 g/mol. The highest BCUT2D eigenvalue weighted by Crippen LogP contribution is 2.03. The van der Waals surface area contributed by atoms with Crippen molar-refractivity contribution in [3.63, 3.8) is 0 Å². The van der Waals surface area contributed by atoms with E-state index in [1.807, 2.05) is 0 Å². The van der Waals surface area contributed by atoms with Crippen LogP contribution in [0.1, 0.15) is 40.5 Å². The Balaban J connectivity index is 3.27. The first-order valence-corrected chi connectivity index (χ1v) is 4.85. The molecule has 0 amide bonds. The Hall–Kier alpha value is -0.730. The fourth-order valence-electron chi connectivity index (χ4n) is 0.874. The van der Waals surface area contributed by atoms with E-state index < -0.39 is 6.16 Å². The topological polar surface area (TPSA) is 35.5 Å². The Morgan fingerprint density at radius 1 is 1.23 bits per heavy atom. The molecular formula is C10H20O3. The standard InChI is InChI=1S/C10H20O3/c1-8(2)6-5-7-12-10(11)13-9(3)4/h8-9H,5-7H2,1-4H3. The van der Waals surface area contributed by atoms with Gasteiger partial charge in [-0.05, 0) is 32.6 Å². The minimum Gasteiger partial charge on any atom is -0.434 e. The van der Waals surface area contributed by atoms with Crippen LogP contribution in [0.15, 0.2) is 0 Å². The number of rotatable bonds is 5. The smallest absolute Gasteiger partial charge is 0.434 e. The summed E-state index contributed by atoms with van der Waals surface area (Å²) >= 11 is 0. The van der Waals surface area contributed by atoms with Gasteiger partial charge in [-0.2, -0.15) is 0 Å². The molecule has 0 unspecified atom stereocenters. The van der Waals surface area contributed by atoms with Crippen molar-refractivity contribution < 1.29 is 14.3 Å². The van der Waals surface area contributed by atoms with Gasteiger partial charge in [0.15, 0.2) is 0 Å². The molecule has 13 heavy (non-hydrogen) atoms. The Morgan fingerprint density at radius 3 is 2.31 bits per heavy atom. The summed E-state index contributed by atoms with van der Waals surface area (Å²) in [6.07, 6.45) is 1.33. The van der Waals surface area contributed by atoms with Crippen LogP contribution in [0, 0.1) is 5.92 Å². The lowest BCUT2D eigenvalue weighted by molar-refractivity contribution is 0.0332. The molecule has 0 aliphatic rings. The van der Waals surface area contributed by atoms with Crippen molar-refractivity contribution >= 4 is 6.16 Å². The van der Waals surface area contributed by atoms with Crippen molar-refractivity contribution in [1.29, 1.82) is 0 Å². The molecule has 0 radical (unpaired) electrons. The molecule has 0 saturated heterocycles. The summed E-state index contributed by atoms with van der Waals surface area (Å²) in [6.45, 7) is 8.35. The number of hydrogen-bond donors (Lipinski definition) is 0. The van der Waals surface area contributed by atoms with E-state index in [2.05, 4.69) is 13.8 Å². The highest BCUT2D eigenvalue weighted by molar-refractivity contribution is 5.59. The first kappa shape index (κ1) is 12.3. The first-order valence-electron chi connectivity index (χ1n) is 4.85. The van der Waals surface area contributed by atoms with Crippen LogP contribution >= 0.6 is 0 Å². The van der Waals surface area contributed by atoms with Crippen LogP contribution in [0.4, 0.5) is 4.79 Å². The molecule has 0 atom stereocenters. The van der Waals surface area contributed by atoms with E-state index in [9.17, 15) is 4.79 Å². The van der Waals surface area contributed by atoms with E-state index in [-0.39, 0.29) is 6.10 Å². The Morgan fingerprint density at radius 2 is 1.85 bits per heavy atom. The molecule has 0 N–H and O–H groups in total. The van der Waals surface area contributed by atoms with Gasteiger partial charge in [0, 0.05) is 0 Å². The second-order valence-electron chi connectivity index (χ2n) is 3.80. The van der Waals surface area contributed by atoms with Gasteiger partial charge < -0.3 is 9.47 Å². The normalized spacial score (nSPS) is 10.6. The lowest BCUT2D eigenvalue weighted by Crippen LogP contribution is -2.13. The highest BCUT2D eigenvalue weighted by atomic mass is 16.7. The van der Waals surface area contributed by atoms with Gasteiger partial charge in [-0.3, -0.25) is 0 Å². The zero-order chi connectivity index (χ0) is 10.3. The van der Waals surface area contributed by atoms with Gasteiger partial charge in [-0.15, -0.1) is 0 Å². The summed E-state index contributed by atoms with van der Waals surface area (Å²) < 4.78 is 9.64. The molecule has 0 aromatic rings. The third-order valence-corrected chi connectivity index (χ3v) is 1.48. The van der Waals surface area contributed by atoms with Crippen LogP contribution < -0.4 is 0 Å². The molecule has 0 aliphatic heterocycles. The minimum atomic E-state index is -0.557. The molecule has 0 aliphatic carbocycles. The van der Waals surface area contributed by atoms with Crippen molar-refractivity contribution in [2.24, 2.45) is 5.92 Å². The van der Waals surface area contributed by atoms with Gasteiger partial charge in [-0.25, -0.2) is 4.79 Å². The van der Waals surface area contributed by atoms with Gasteiger partial charge in [0.25, 0.3) is 0 Å².